The third-order valence-electron chi connectivity index (χ3n) is 4.88. The van der Waals surface area contributed by atoms with E-state index >= 15 is 0 Å². The fourth-order valence-electron chi connectivity index (χ4n) is 3.08. The number of aliphatic hydroxyl groups is 1. The zero-order valence-corrected chi connectivity index (χ0v) is 17.3. The Morgan fingerprint density at radius 3 is 2.36 bits per heavy atom. The second kappa shape index (κ2) is 9.95. The molecule has 0 spiro atoms. The number of carbonyl (C=O) groups excluding carboxylic acids is 1. The highest BCUT2D eigenvalue weighted by Crippen LogP contribution is 2.29. The first-order chi connectivity index (χ1) is 15.6. The van der Waals surface area contributed by atoms with Crippen molar-refractivity contribution in [2.24, 2.45) is 0 Å². The van der Waals surface area contributed by atoms with Gasteiger partial charge in [0.1, 0.15) is 5.82 Å². The van der Waals surface area contributed by atoms with E-state index in [1.165, 1.54) is 37.4 Å². The van der Waals surface area contributed by atoms with Crippen LogP contribution in [0.15, 0.2) is 60.8 Å². The van der Waals surface area contributed by atoms with Gasteiger partial charge in [-0.1, -0.05) is 12.1 Å². The number of aliphatic hydroxyl groups excluding tert-OH is 1. The van der Waals surface area contributed by atoms with Gasteiger partial charge in [0.25, 0.3) is 5.91 Å². The van der Waals surface area contributed by atoms with E-state index in [2.05, 4.69) is 4.98 Å². The van der Waals surface area contributed by atoms with E-state index in [4.69, 9.17) is 4.74 Å². The number of aromatic nitrogens is 1. The van der Waals surface area contributed by atoms with Gasteiger partial charge in [-0.15, -0.1) is 0 Å². The van der Waals surface area contributed by atoms with Crippen molar-refractivity contribution >= 4 is 11.6 Å². The quantitative estimate of drug-likeness (QED) is 0.513. The van der Waals surface area contributed by atoms with Crippen LogP contribution in [0.25, 0.3) is 0 Å². The fourth-order valence-corrected chi connectivity index (χ4v) is 3.08. The van der Waals surface area contributed by atoms with Gasteiger partial charge in [0, 0.05) is 36.6 Å². The number of hydrogen-bond donors (Lipinski definition) is 1. The molecule has 1 heterocycles. The van der Waals surface area contributed by atoms with Crippen molar-refractivity contribution in [2.45, 2.75) is 18.7 Å². The normalized spacial score (nSPS) is 12.3. The minimum atomic E-state index is -4.53. The van der Waals surface area contributed by atoms with Gasteiger partial charge in [-0.2, -0.15) is 13.2 Å². The van der Waals surface area contributed by atoms with Crippen molar-refractivity contribution in [3.05, 3.63) is 89.2 Å². The Morgan fingerprint density at radius 2 is 1.79 bits per heavy atom. The van der Waals surface area contributed by atoms with Gasteiger partial charge in [0.2, 0.25) is 0 Å². The maximum atomic E-state index is 13.9. The molecular formula is C23H19F5N2O3. The number of amides is 1. The minimum Gasteiger partial charge on any atom is -0.494 e. The smallest absolute Gasteiger partial charge is 0.417 e. The highest BCUT2D eigenvalue weighted by Gasteiger charge is 2.31. The predicted octanol–water partition coefficient (Wildman–Crippen LogP) is 4.70. The average Bonchev–Trinajstić information content (AvgIpc) is 2.79. The number of ether oxygens (including phenoxy) is 1. The molecule has 0 fully saturated rings. The number of benzene rings is 2. The van der Waals surface area contributed by atoms with Crippen LogP contribution in [0.3, 0.4) is 0 Å². The number of pyridine rings is 1. The molecule has 1 aromatic heterocycles. The van der Waals surface area contributed by atoms with Gasteiger partial charge in [0.05, 0.1) is 12.7 Å². The van der Waals surface area contributed by atoms with Gasteiger partial charge in [-0.3, -0.25) is 9.78 Å². The average molecular weight is 466 g/mol. The number of alkyl halides is 3. The van der Waals surface area contributed by atoms with Gasteiger partial charge >= 0.3 is 6.18 Å². The number of anilines is 1. The molecule has 1 atom stereocenters. The highest BCUT2D eigenvalue weighted by molar-refractivity contribution is 5.97. The second-order valence-corrected chi connectivity index (χ2v) is 7.05. The van der Waals surface area contributed by atoms with Crippen LogP contribution in [0.5, 0.6) is 5.75 Å². The molecule has 10 heteroatoms. The number of halogens is 5. The van der Waals surface area contributed by atoms with Crippen LogP contribution in [-0.2, 0) is 17.4 Å². The lowest BCUT2D eigenvalue weighted by Crippen LogP contribution is -2.37. The highest BCUT2D eigenvalue weighted by atomic mass is 19.4. The van der Waals surface area contributed by atoms with Crippen LogP contribution < -0.4 is 9.64 Å². The second-order valence-electron chi connectivity index (χ2n) is 7.05. The van der Waals surface area contributed by atoms with Crippen molar-refractivity contribution in [3.8, 4) is 5.75 Å². The molecule has 0 saturated carbocycles. The molecule has 3 rings (SSSR count). The Labute approximate surface area is 186 Å². The van der Waals surface area contributed by atoms with Crippen LogP contribution >= 0.6 is 0 Å². The molecular weight excluding hydrogens is 447 g/mol. The molecule has 0 aliphatic carbocycles. The van der Waals surface area contributed by atoms with E-state index in [-0.39, 0.29) is 35.7 Å². The molecule has 1 N–H and O–H groups in total. The van der Waals surface area contributed by atoms with Gasteiger partial charge < -0.3 is 14.7 Å². The Balaban J connectivity index is 1.88. The van der Waals surface area contributed by atoms with Crippen molar-refractivity contribution in [2.75, 3.05) is 18.6 Å². The maximum Gasteiger partial charge on any atom is 0.417 e. The topological polar surface area (TPSA) is 62.7 Å². The van der Waals surface area contributed by atoms with E-state index in [9.17, 15) is 31.9 Å². The summed E-state index contributed by atoms with van der Waals surface area (Å²) in [7, 11) is 1.24. The van der Waals surface area contributed by atoms with Crippen LogP contribution in [0.4, 0.5) is 27.6 Å². The van der Waals surface area contributed by atoms with Gasteiger partial charge in [-0.05, 0) is 42.0 Å². The van der Waals surface area contributed by atoms with Crippen molar-refractivity contribution in [1.29, 1.82) is 0 Å². The Morgan fingerprint density at radius 1 is 1.09 bits per heavy atom. The van der Waals surface area contributed by atoms with Crippen molar-refractivity contribution < 1.29 is 36.6 Å². The third-order valence-corrected chi connectivity index (χ3v) is 4.88. The largest absolute Gasteiger partial charge is 0.494 e. The molecule has 33 heavy (non-hydrogen) atoms. The first-order valence-corrected chi connectivity index (χ1v) is 9.70. The maximum absolute atomic E-state index is 13.9. The predicted molar refractivity (Wildman–Crippen MR) is 110 cm³/mol. The molecule has 3 aromatic rings. The minimum absolute atomic E-state index is 0.0414. The number of hydrogen-bond acceptors (Lipinski definition) is 4. The van der Waals surface area contributed by atoms with E-state index in [0.29, 0.717) is 6.20 Å². The van der Waals surface area contributed by atoms with E-state index in [1.54, 1.807) is 0 Å². The van der Waals surface area contributed by atoms with E-state index in [0.717, 1.165) is 29.2 Å². The number of rotatable bonds is 7. The Bertz CT molecular complexity index is 1100. The summed E-state index contributed by atoms with van der Waals surface area (Å²) in [6, 6.07) is 10.4. The Hall–Kier alpha value is -3.53. The fraction of sp³-hybridized carbons (Fsp3) is 0.217. The van der Waals surface area contributed by atoms with Crippen LogP contribution in [-0.4, -0.2) is 29.7 Å². The summed E-state index contributed by atoms with van der Waals surface area (Å²) in [6.45, 7) is -0.0930. The summed E-state index contributed by atoms with van der Waals surface area (Å²) in [4.78, 5) is 18.0. The summed E-state index contributed by atoms with van der Waals surface area (Å²) in [6.07, 6.45) is -5.46. The van der Waals surface area contributed by atoms with Crippen molar-refractivity contribution in [3.63, 3.8) is 0 Å². The first kappa shape index (κ1) is 24.1. The van der Waals surface area contributed by atoms with Gasteiger partial charge in [0.15, 0.2) is 17.7 Å². The molecule has 2 aromatic carbocycles. The molecule has 0 radical (unpaired) electrons. The molecule has 0 unspecified atom stereocenters. The summed E-state index contributed by atoms with van der Waals surface area (Å²) >= 11 is 0. The summed E-state index contributed by atoms with van der Waals surface area (Å²) in [5, 5.41) is 10.6. The summed E-state index contributed by atoms with van der Waals surface area (Å²) < 4.78 is 70.3. The SMILES string of the molecule is COc1cc(N(CCc2ccc(C(F)(F)F)cn2)C(=O)[C@H](O)c2ccc(F)cc2)ccc1F. The zero-order valence-electron chi connectivity index (χ0n) is 17.3. The molecule has 0 saturated heterocycles. The lowest BCUT2D eigenvalue weighted by atomic mass is 10.1. The Kier molecular flexibility index (Phi) is 7.27. The summed E-state index contributed by atoms with van der Waals surface area (Å²) in [5.74, 6) is -2.17. The monoisotopic (exact) mass is 466 g/mol. The van der Waals surface area contributed by atoms with Gasteiger partial charge in [-0.25, -0.2) is 8.78 Å². The van der Waals surface area contributed by atoms with Crippen LogP contribution in [0, 0.1) is 11.6 Å². The van der Waals surface area contributed by atoms with E-state index in [1.807, 2.05) is 0 Å². The lowest BCUT2D eigenvalue weighted by Gasteiger charge is -2.26. The van der Waals surface area contributed by atoms with Crippen LogP contribution in [0.1, 0.15) is 22.9 Å². The lowest BCUT2D eigenvalue weighted by molar-refractivity contribution is -0.137. The molecule has 0 aliphatic heterocycles. The molecule has 174 valence electrons. The third kappa shape index (κ3) is 5.83. The number of nitrogens with zero attached hydrogens (tertiary/aromatic N) is 2. The molecule has 0 bridgehead atoms. The van der Waals surface area contributed by atoms with E-state index < -0.39 is 35.4 Å². The molecule has 5 nitrogen and oxygen atoms in total. The van der Waals surface area contributed by atoms with Crippen molar-refractivity contribution in [1.82, 2.24) is 4.98 Å². The molecule has 0 aliphatic rings. The van der Waals surface area contributed by atoms with Crippen LogP contribution in [0.2, 0.25) is 0 Å². The molecule has 1 amide bonds. The first-order valence-electron chi connectivity index (χ1n) is 9.70. The zero-order chi connectivity index (χ0) is 24.2. The number of carbonyl (C=O) groups is 1. The number of methoxy groups -OCH3 is 1. The standard InChI is InChI=1S/C23H19F5N2O3/c1-33-20-12-18(8-9-19(20)25)30(22(32)21(31)14-2-5-16(24)6-3-14)11-10-17-7-4-15(13-29-17)23(26,27)28/h2-9,12-13,21,31H,10-11H2,1H3/t21-/m1/s1. The summed E-state index contributed by atoms with van der Waals surface area (Å²) in [5.41, 5.74) is -0.320.